The summed E-state index contributed by atoms with van der Waals surface area (Å²) in [7, 11) is -3.09. The lowest BCUT2D eigenvalue weighted by Gasteiger charge is -2.34. The highest BCUT2D eigenvalue weighted by atomic mass is 79.9. The Morgan fingerprint density at radius 2 is 1.97 bits per heavy atom. The van der Waals surface area contributed by atoms with E-state index in [1.165, 1.54) is 35.0 Å². The Bertz CT molecular complexity index is 1360. The van der Waals surface area contributed by atoms with Crippen molar-refractivity contribution in [2.75, 3.05) is 18.1 Å². The Labute approximate surface area is 206 Å². The standard InChI is InChI=1S/C21H20BrF3N4O5S/c1-20(6-9-35(31,32)10-7-20)28-18(30)16-17(22)29-11-13(4-5-15(29)27-16)34-19-14(3-2-8-26-19)33-12-21(23,24)25/h2-5,8,11H,6-7,9-10,12H2,1H3,(H,28,30). The first kappa shape index (κ1) is 25.2. The summed E-state index contributed by atoms with van der Waals surface area (Å²) >= 11 is 3.36. The zero-order chi connectivity index (χ0) is 25.4. The molecule has 9 nitrogen and oxygen atoms in total. The number of hydrogen-bond donors (Lipinski definition) is 1. The number of halogens is 4. The monoisotopic (exact) mass is 576 g/mol. The molecule has 1 saturated heterocycles. The molecule has 0 atom stereocenters. The molecule has 4 rings (SSSR count). The van der Waals surface area contributed by atoms with Crippen molar-refractivity contribution in [1.82, 2.24) is 19.7 Å². The van der Waals surface area contributed by atoms with Crippen LogP contribution in [0.15, 0.2) is 41.3 Å². The summed E-state index contributed by atoms with van der Waals surface area (Å²) in [6, 6.07) is 5.80. The van der Waals surface area contributed by atoms with E-state index in [-0.39, 0.29) is 34.6 Å². The Morgan fingerprint density at radius 1 is 1.26 bits per heavy atom. The number of amides is 1. The number of nitrogens with one attached hydrogen (secondary N) is 1. The summed E-state index contributed by atoms with van der Waals surface area (Å²) in [5.41, 5.74) is -0.193. The Kier molecular flexibility index (Phi) is 6.70. The average molecular weight is 577 g/mol. The third kappa shape index (κ3) is 6.04. The Morgan fingerprint density at radius 3 is 2.66 bits per heavy atom. The zero-order valence-electron chi connectivity index (χ0n) is 18.3. The predicted molar refractivity (Wildman–Crippen MR) is 123 cm³/mol. The van der Waals surface area contributed by atoms with Gasteiger partial charge in [-0.05, 0) is 60.0 Å². The molecule has 0 aromatic carbocycles. The molecule has 35 heavy (non-hydrogen) atoms. The zero-order valence-corrected chi connectivity index (χ0v) is 20.7. The van der Waals surface area contributed by atoms with E-state index >= 15 is 0 Å². The van der Waals surface area contributed by atoms with Crippen LogP contribution >= 0.6 is 15.9 Å². The maximum absolute atomic E-state index is 12.9. The molecule has 0 aliphatic carbocycles. The van der Waals surface area contributed by atoms with Crippen molar-refractivity contribution in [3.8, 4) is 17.4 Å². The quantitative estimate of drug-likeness (QED) is 0.473. The van der Waals surface area contributed by atoms with Gasteiger partial charge in [-0.3, -0.25) is 9.20 Å². The molecule has 1 fully saturated rings. The summed E-state index contributed by atoms with van der Waals surface area (Å²) < 4.78 is 73.3. The van der Waals surface area contributed by atoms with Crippen LogP contribution in [-0.2, 0) is 9.84 Å². The van der Waals surface area contributed by atoms with E-state index in [1.54, 1.807) is 13.0 Å². The molecule has 3 aromatic rings. The van der Waals surface area contributed by atoms with E-state index < -0.39 is 34.1 Å². The molecule has 1 aliphatic rings. The number of aromatic nitrogens is 3. The van der Waals surface area contributed by atoms with Crippen LogP contribution in [0.25, 0.3) is 5.65 Å². The number of pyridine rings is 2. The smallest absolute Gasteiger partial charge is 0.422 e. The number of alkyl halides is 3. The molecule has 0 saturated carbocycles. The fourth-order valence-corrected chi connectivity index (χ4v) is 5.76. The van der Waals surface area contributed by atoms with E-state index in [0.717, 1.165) is 0 Å². The molecule has 1 aliphatic heterocycles. The molecule has 0 unspecified atom stereocenters. The molecule has 188 valence electrons. The van der Waals surface area contributed by atoms with Gasteiger partial charge in [-0.2, -0.15) is 13.2 Å². The summed E-state index contributed by atoms with van der Waals surface area (Å²) in [6.45, 7) is 0.297. The molecule has 4 heterocycles. The summed E-state index contributed by atoms with van der Waals surface area (Å²) in [6.07, 6.45) is -1.09. The van der Waals surface area contributed by atoms with Gasteiger partial charge in [-0.25, -0.2) is 18.4 Å². The third-order valence-electron chi connectivity index (χ3n) is 5.44. The molecule has 1 amide bonds. The number of rotatable bonds is 6. The summed E-state index contributed by atoms with van der Waals surface area (Å²) in [5.74, 6) is -0.610. The second kappa shape index (κ2) is 9.30. The second-order valence-electron chi connectivity index (χ2n) is 8.32. The maximum atomic E-state index is 12.9. The topological polar surface area (TPSA) is 112 Å². The fraction of sp³-hybridized carbons (Fsp3) is 0.381. The van der Waals surface area contributed by atoms with Gasteiger partial charge in [0.15, 0.2) is 18.1 Å². The molecule has 0 spiro atoms. The van der Waals surface area contributed by atoms with Gasteiger partial charge in [0, 0.05) is 11.7 Å². The minimum absolute atomic E-state index is 0.000983. The van der Waals surface area contributed by atoms with Crippen LogP contribution in [0.4, 0.5) is 13.2 Å². The number of fused-ring (bicyclic) bond motifs is 1. The van der Waals surface area contributed by atoms with Crippen molar-refractivity contribution < 1.29 is 35.9 Å². The maximum Gasteiger partial charge on any atom is 0.422 e. The Hall–Kier alpha value is -2.87. The second-order valence-corrected chi connectivity index (χ2v) is 11.4. The largest absolute Gasteiger partial charge is 0.478 e. The third-order valence-corrected chi connectivity index (χ3v) is 7.85. The van der Waals surface area contributed by atoms with E-state index in [9.17, 15) is 26.4 Å². The first-order valence-corrected chi connectivity index (χ1v) is 13.0. The number of imidazole rings is 1. The highest BCUT2D eigenvalue weighted by molar-refractivity contribution is 9.10. The van der Waals surface area contributed by atoms with Gasteiger partial charge in [-0.1, -0.05) is 0 Å². The van der Waals surface area contributed by atoms with E-state index in [2.05, 4.69) is 31.2 Å². The number of sulfone groups is 1. The number of carbonyl (C=O) groups is 1. The van der Waals surface area contributed by atoms with E-state index in [0.29, 0.717) is 23.1 Å². The molecular formula is C21H20BrF3N4O5S. The van der Waals surface area contributed by atoms with E-state index in [4.69, 9.17) is 9.47 Å². The highest BCUT2D eigenvalue weighted by Crippen LogP contribution is 2.32. The average Bonchev–Trinajstić information content (AvgIpc) is 3.11. The molecular weight excluding hydrogens is 557 g/mol. The first-order valence-electron chi connectivity index (χ1n) is 10.4. The number of nitrogens with zero attached hydrogens (tertiary/aromatic N) is 3. The van der Waals surface area contributed by atoms with Crippen LogP contribution in [0.3, 0.4) is 0 Å². The summed E-state index contributed by atoms with van der Waals surface area (Å²) in [5, 5.41) is 2.88. The van der Waals surface area contributed by atoms with Crippen molar-refractivity contribution in [2.24, 2.45) is 0 Å². The normalized spacial score (nSPS) is 17.2. The lowest BCUT2D eigenvalue weighted by atomic mass is 9.95. The van der Waals surface area contributed by atoms with Gasteiger partial charge in [0.1, 0.15) is 25.8 Å². The fourth-order valence-electron chi connectivity index (χ4n) is 3.48. The van der Waals surface area contributed by atoms with Crippen LogP contribution in [0, 0.1) is 0 Å². The van der Waals surface area contributed by atoms with Crippen molar-refractivity contribution in [1.29, 1.82) is 0 Å². The lowest BCUT2D eigenvalue weighted by Crippen LogP contribution is -2.51. The molecule has 1 N–H and O–H groups in total. The molecule has 0 bridgehead atoms. The van der Waals surface area contributed by atoms with Gasteiger partial charge in [0.05, 0.1) is 17.7 Å². The predicted octanol–water partition coefficient (Wildman–Crippen LogP) is 3.92. The van der Waals surface area contributed by atoms with Gasteiger partial charge >= 0.3 is 6.18 Å². The van der Waals surface area contributed by atoms with Crippen LogP contribution < -0.4 is 14.8 Å². The van der Waals surface area contributed by atoms with Crippen LogP contribution in [0.1, 0.15) is 30.3 Å². The number of carbonyl (C=O) groups excluding carboxylic acids is 1. The van der Waals surface area contributed by atoms with Crippen LogP contribution in [0.5, 0.6) is 17.4 Å². The lowest BCUT2D eigenvalue weighted by molar-refractivity contribution is -0.153. The molecule has 0 radical (unpaired) electrons. The van der Waals surface area contributed by atoms with Gasteiger partial charge in [0.2, 0.25) is 0 Å². The van der Waals surface area contributed by atoms with Crippen LogP contribution in [-0.4, -0.2) is 58.5 Å². The number of hydrogen-bond acceptors (Lipinski definition) is 7. The Balaban J connectivity index is 1.54. The van der Waals surface area contributed by atoms with Crippen molar-refractivity contribution in [2.45, 2.75) is 31.5 Å². The minimum Gasteiger partial charge on any atom is -0.478 e. The van der Waals surface area contributed by atoms with Crippen molar-refractivity contribution in [3.05, 3.63) is 47.0 Å². The SMILES string of the molecule is CC1(NC(=O)c2nc3ccc(Oc4ncccc4OCC(F)(F)F)cn3c2Br)CCS(=O)(=O)CC1. The summed E-state index contributed by atoms with van der Waals surface area (Å²) in [4.78, 5) is 21.2. The van der Waals surface area contributed by atoms with Gasteiger partial charge in [-0.15, -0.1) is 0 Å². The van der Waals surface area contributed by atoms with Gasteiger partial charge < -0.3 is 14.8 Å². The van der Waals surface area contributed by atoms with Crippen molar-refractivity contribution >= 4 is 37.3 Å². The van der Waals surface area contributed by atoms with E-state index in [1.807, 2.05) is 0 Å². The van der Waals surface area contributed by atoms with Gasteiger partial charge in [0.25, 0.3) is 11.8 Å². The molecule has 3 aromatic heterocycles. The number of ether oxygens (including phenoxy) is 2. The minimum atomic E-state index is -4.52. The first-order chi connectivity index (χ1) is 16.3. The highest BCUT2D eigenvalue weighted by Gasteiger charge is 2.35. The van der Waals surface area contributed by atoms with Crippen molar-refractivity contribution in [3.63, 3.8) is 0 Å². The molecule has 14 heteroatoms. The van der Waals surface area contributed by atoms with Crippen LogP contribution in [0.2, 0.25) is 0 Å².